The number of hydrogen-bond donors (Lipinski definition) is 2. The quantitative estimate of drug-likeness (QED) is 0.393. The maximum absolute atomic E-state index is 12.2. The van der Waals surface area contributed by atoms with Gasteiger partial charge in [-0.15, -0.1) is 18.3 Å². The molecular weight excluding hydrogens is 302 g/mol. The molecule has 1 atom stereocenters. The monoisotopic (exact) mass is 323 g/mol. The van der Waals surface area contributed by atoms with E-state index in [2.05, 4.69) is 11.9 Å². The molecule has 6 heteroatoms. The first-order chi connectivity index (χ1) is 10.6. The van der Waals surface area contributed by atoms with E-state index >= 15 is 0 Å². The van der Waals surface area contributed by atoms with Crippen LogP contribution in [0.1, 0.15) is 23.7 Å². The van der Waals surface area contributed by atoms with Crippen LogP contribution < -0.4 is 5.32 Å². The van der Waals surface area contributed by atoms with E-state index in [0.29, 0.717) is 30.2 Å². The molecule has 0 saturated heterocycles. The molecule has 2 N–H and O–H groups in total. The maximum atomic E-state index is 12.2. The summed E-state index contributed by atoms with van der Waals surface area (Å²) in [6, 6.07) is 6.97. The number of nitrogens with one attached hydrogen (secondary N) is 1. The van der Waals surface area contributed by atoms with Crippen LogP contribution in [-0.2, 0) is 9.53 Å². The average Bonchev–Trinajstić information content (AvgIpc) is 2.51. The summed E-state index contributed by atoms with van der Waals surface area (Å²) in [5.41, 5.74) is 0.478. The molecule has 0 saturated carbocycles. The predicted octanol–water partition coefficient (Wildman–Crippen LogP) is 2.57. The van der Waals surface area contributed by atoms with Gasteiger partial charge in [-0.25, -0.2) is 0 Å². The lowest BCUT2D eigenvalue weighted by atomic mass is 10.2. The highest BCUT2D eigenvalue weighted by atomic mass is 32.2. The number of carbonyl (C=O) groups is 2. The molecule has 120 valence electrons. The van der Waals surface area contributed by atoms with Crippen molar-refractivity contribution in [1.82, 2.24) is 5.32 Å². The van der Waals surface area contributed by atoms with Gasteiger partial charge >= 0.3 is 5.97 Å². The van der Waals surface area contributed by atoms with E-state index in [1.165, 1.54) is 0 Å². The molecular formula is C16H21NO4S. The van der Waals surface area contributed by atoms with Gasteiger partial charge in [-0.1, -0.05) is 18.2 Å². The Hall–Kier alpha value is -1.79. The lowest BCUT2D eigenvalue weighted by molar-refractivity contribution is -0.136. The van der Waals surface area contributed by atoms with Crippen LogP contribution in [0.3, 0.4) is 0 Å². The highest BCUT2D eigenvalue weighted by molar-refractivity contribution is 8.00. The molecule has 1 rings (SSSR count). The van der Waals surface area contributed by atoms with Crippen molar-refractivity contribution in [2.45, 2.75) is 23.5 Å². The Kier molecular flexibility index (Phi) is 8.32. The first-order valence-corrected chi connectivity index (χ1v) is 7.89. The predicted molar refractivity (Wildman–Crippen MR) is 87.4 cm³/mol. The van der Waals surface area contributed by atoms with E-state index in [1.807, 2.05) is 0 Å². The summed E-state index contributed by atoms with van der Waals surface area (Å²) in [5, 5.41) is 11.1. The molecule has 1 amide bonds. The van der Waals surface area contributed by atoms with Crippen LogP contribution in [0.2, 0.25) is 0 Å². The van der Waals surface area contributed by atoms with Crippen LogP contribution in [0.15, 0.2) is 41.8 Å². The molecule has 1 aromatic carbocycles. The number of rotatable bonds is 10. The number of thioether (sulfide) groups is 1. The molecule has 1 unspecified atom stereocenters. The van der Waals surface area contributed by atoms with Crippen molar-refractivity contribution in [3.05, 3.63) is 42.5 Å². The Morgan fingerprint density at radius 2 is 2.14 bits per heavy atom. The summed E-state index contributed by atoms with van der Waals surface area (Å²) in [5.74, 6) is -1.14. The number of hydrogen-bond acceptors (Lipinski definition) is 4. The second-order valence-corrected chi connectivity index (χ2v) is 5.92. The van der Waals surface area contributed by atoms with Gasteiger partial charge in [-0.3, -0.25) is 9.59 Å². The number of benzene rings is 1. The molecule has 0 aliphatic carbocycles. The van der Waals surface area contributed by atoms with Gasteiger partial charge in [-0.2, -0.15) is 0 Å². The van der Waals surface area contributed by atoms with E-state index in [4.69, 9.17) is 9.84 Å². The third-order valence-corrected chi connectivity index (χ3v) is 3.95. The summed E-state index contributed by atoms with van der Waals surface area (Å²) in [6.45, 7) is 6.61. The zero-order valence-corrected chi connectivity index (χ0v) is 13.4. The van der Waals surface area contributed by atoms with Crippen LogP contribution in [0.5, 0.6) is 0 Å². The van der Waals surface area contributed by atoms with Gasteiger partial charge in [0.05, 0.1) is 18.8 Å². The average molecular weight is 323 g/mol. The second-order valence-electron chi connectivity index (χ2n) is 4.54. The van der Waals surface area contributed by atoms with Gasteiger partial charge in [-0.05, 0) is 25.5 Å². The first-order valence-electron chi connectivity index (χ1n) is 7.01. The Balaban J connectivity index is 2.54. The van der Waals surface area contributed by atoms with E-state index < -0.39 is 11.2 Å². The molecule has 1 aromatic rings. The van der Waals surface area contributed by atoms with Crippen molar-refractivity contribution in [3.63, 3.8) is 0 Å². The molecule has 0 aromatic heterocycles. The van der Waals surface area contributed by atoms with E-state index in [9.17, 15) is 9.59 Å². The van der Waals surface area contributed by atoms with Gasteiger partial charge in [0.15, 0.2) is 0 Å². The van der Waals surface area contributed by atoms with Crippen molar-refractivity contribution >= 4 is 23.6 Å². The van der Waals surface area contributed by atoms with E-state index in [1.54, 1.807) is 37.3 Å². The van der Waals surface area contributed by atoms with Crippen LogP contribution >= 0.6 is 11.8 Å². The SMILES string of the molecule is C=CCCOCCNC(=O)c1ccccc1SC(C)C(=O)O. The molecule has 0 spiro atoms. The van der Waals surface area contributed by atoms with E-state index in [0.717, 1.165) is 18.2 Å². The lowest BCUT2D eigenvalue weighted by Crippen LogP contribution is -2.28. The smallest absolute Gasteiger partial charge is 0.316 e. The molecule has 22 heavy (non-hydrogen) atoms. The fourth-order valence-corrected chi connectivity index (χ4v) is 2.53. The third-order valence-electron chi connectivity index (χ3n) is 2.78. The highest BCUT2D eigenvalue weighted by Gasteiger charge is 2.17. The highest BCUT2D eigenvalue weighted by Crippen LogP contribution is 2.26. The molecule has 5 nitrogen and oxygen atoms in total. The zero-order valence-electron chi connectivity index (χ0n) is 12.6. The van der Waals surface area contributed by atoms with Crippen molar-refractivity contribution in [2.75, 3.05) is 19.8 Å². The Labute approximate surface area is 134 Å². The molecule has 0 radical (unpaired) electrons. The van der Waals surface area contributed by atoms with Crippen molar-refractivity contribution in [3.8, 4) is 0 Å². The zero-order chi connectivity index (χ0) is 16.4. The second kappa shape index (κ2) is 10.0. The molecule has 0 aliphatic rings. The van der Waals surface area contributed by atoms with Crippen LogP contribution in [0.25, 0.3) is 0 Å². The van der Waals surface area contributed by atoms with Gasteiger partial charge in [0, 0.05) is 11.4 Å². The molecule has 0 bridgehead atoms. The molecule has 0 heterocycles. The fraction of sp³-hybridized carbons (Fsp3) is 0.375. The van der Waals surface area contributed by atoms with Crippen LogP contribution in [0, 0.1) is 0 Å². The molecule has 0 fully saturated rings. The van der Waals surface area contributed by atoms with Gasteiger partial charge in [0.25, 0.3) is 5.91 Å². The standard InChI is InChI=1S/C16H21NO4S/c1-3-4-10-21-11-9-17-15(18)13-7-5-6-8-14(13)22-12(2)16(19)20/h3,5-8,12H,1,4,9-11H2,2H3,(H,17,18)(H,19,20). The number of amides is 1. The van der Waals surface area contributed by atoms with Crippen LogP contribution in [0.4, 0.5) is 0 Å². The Morgan fingerprint density at radius 3 is 2.82 bits per heavy atom. The van der Waals surface area contributed by atoms with Crippen molar-refractivity contribution in [1.29, 1.82) is 0 Å². The lowest BCUT2D eigenvalue weighted by Gasteiger charge is -2.12. The minimum absolute atomic E-state index is 0.229. The number of carboxylic acid groups (broad SMARTS) is 1. The van der Waals surface area contributed by atoms with Crippen LogP contribution in [-0.4, -0.2) is 42.0 Å². The summed E-state index contributed by atoms with van der Waals surface area (Å²) >= 11 is 1.15. The Bertz CT molecular complexity index is 519. The number of carbonyl (C=O) groups excluding carboxylic acids is 1. The maximum Gasteiger partial charge on any atom is 0.316 e. The normalized spacial score (nSPS) is 11.7. The van der Waals surface area contributed by atoms with Gasteiger partial charge in [0.2, 0.25) is 0 Å². The summed E-state index contributed by atoms with van der Waals surface area (Å²) in [4.78, 5) is 23.8. The summed E-state index contributed by atoms with van der Waals surface area (Å²) in [6.07, 6.45) is 2.55. The van der Waals surface area contributed by atoms with Crippen molar-refractivity contribution in [2.24, 2.45) is 0 Å². The number of ether oxygens (including phenoxy) is 1. The minimum atomic E-state index is -0.907. The van der Waals surface area contributed by atoms with Gasteiger partial charge < -0.3 is 15.2 Å². The number of aliphatic carboxylic acids is 1. The third kappa shape index (κ3) is 6.32. The largest absolute Gasteiger partial charge is 0.480 e. The van der Waals surface area contributed by atoms with Gasteiger partial charge in [0.1, 0.15) is 5.25 Å². The molecule has 0 aliphatic heterocycles. The minimum Gasteiger partial charge on any atom is -0.480 e. The first kappa shape index (κ1) is 18.3. The topological polar surface area (TPSA) is 75.6 Å². The number of carboxylic acids is 1. The van der Waals surface area contributed by atoms with Crippen molar-refractivity contribution < 1.29 is 19.4 Å². The summed E-state index contributed by atoms with van der Waals surface area (Å²) in [7, 11) is 0. The Morgan fingerprint density at radius 1 is 1.41 bits per heavy atom. The summed E-state index contributed by atoms with van der Waals surface area (Å²) < 4.78 is 5.32. The van der Waals surface area contributed by atoms with E-state index in [-0.39, 0.29) is 5.91 Å². The fourth-order valence-electron chi connectivity index (χ4n) is 1.60.